The number of aryl methyl sites for hydroxylation is 2. The number of hydrogen-bond donors (Lipinski definition) is 0. The van der Waals surface area contributed by atoms with Gasteiger partial charge in [0.05, 0.1) is 11.4 Å². The van der Waals surface area contributed by atoms with E-state index < -0.39 is 6.10 Å². The van der Waals surface area contributed by atoms with Crippen molar-refractivity contribution in [3.63, 3.8) is 0 Å². The van der Waals surface area contributed by atoms with Crippen LogP contribution in [-0.4, -0.2) is 24.2 Å². The Labute approximate surface area is 136 Å². The molecular weight excluding hydrogens is 292 g/mol. The van der Waals surface area contributed by atoms with Gasteiger partial charge in [0.1, 0.15) is 11.5 Å². The van der Waals surface area contributed by atoms with Gasteiger partial charge < -0.3 is 14.2 Å². The Kier molecular flexibility index (Phi) is 3.88. The van der Waals surface area contributed by atoms with Crippen LogP contribution < -0.4 is 9.64 Å². The summed E-state index contributed by atoms with van der Waals surface area (Å²) >= 11 is 0. The molecular formula is C18H22N2O3. The van der Waals surface area contributed by atoms with E-state index in [4.69, 9.17) is 9.26 Å². The fourth-order valence-corrected chi connectivity index (χ4v) is 3.05. The van der Waals surface area contributed by atoms with E-state index >= 15 is 0 Å². The lowest BCUT2D eigenvalue weighted by atomic mass is 10.0. The minimum absolute atomic E-state index is 0.0105. The molecule has 2 heterocycles. The Hall–Kier alpha value is -2.30. The van der Waals surface area contributed by atoms with Crippen LogP contribution in [0.15, 0.2) is 22.7 Å². The molecule has 1 aliphatic heterocycles. The number of anilines is 1. The van der Waals surface area contributed by atoms with Gasteiger partial charge in [0.2, 0.25) is 0 Å². The van der Waals surface area contributed by atoms with Crippen LogP contribution in [0.25, 0.3) is 11.1 Å². The van der Waals surface area contributed by atoms with Crippen molar-refractivity contribution in [3.8, 4) is 16.9 Å². The van der Waals surface area contributed by atoms with Crippen LogP contribution in [-0.2, 0) is 4.79 Å². The van der Waals surface area contributed by atoms with Crippen molar-refractivity contribution in [3.05, 3.63) is 29.7 Å². The Balaban J connectivity index is 2.01. The number of aromatic nitrogens is 1. The monoisotopic (exact) mass is 314 g/mol. The van der Waals surface area contributed by atoms with E-state index in [-0.39, 0.29) is 5.91 Å². The molecule has 0 spiro atoms. The van der Waals surface area contributed by atoms with E-state index in [1.54, 1.807) is 11.9 Å². The third kappa shape index (κ3) is 2.71. The van der Waals surface area contributed by atoms with Crippen molar-refractivity contribution in [2.75, 3.05) is 11.9 Å². The normalized spacial score (nSPS) is 17.4. The van der Waals surface area contributed by atoms with Gasteiger partial charge in [-0.25, -0.2) is 0 Å². The molecule has 1 amide bonds. The smallest absolute Gasteiger partial charge is 0.267 e. The molecule has 2 aromatic rings. The molecule has 1 aromatic carbocycles. The minimum atomic E-state index is -0.424. The molecule has 1 aromatic heterocycles. The number of fused-ring (bicyclic) bond motifs is 1. The zero-order chi connectivity index (χ0) is 16.7. The Bertz CT molecular complexity index is 729. The number of carbonyl (C=O) groups is 1. The van der Waals surface area contributed by atoms with Crippen molar-refractivity contribution in [1.29, 1.82) is 0 Å². The predicted molar refractivity (Wildman–Crippen MR) is 88.7 cm³/mol. The first-order chi connectivity index (χ1) is 10.9. The van der Waals surface area contributed by atoms with Crippen molar-refractivity contribution >= 4 is 11.6 Å². The first-order valence-electron chi connectivity index (χ1n) is 7.90. The van der Waals surface area contributed by atoms with Crippen LogP contribution in [0, 0.1) is 19.8 Å². The number of likely N-dealkylation sites (N-methyl/N-ethyl adjacent to an activating group) is 1. The Morgan fingerprint density at radius 2 is 2.04 bits per heavy atom. The molecule has 1 atom stereocenters. The molecule has 0 saturated carbocycles. The average Bonchev–Trinajstić information content (AvgIpc) is 2.82. The number of rotatable bonds is 3. The summed E-state index contributed by atoms with van der Waals surface area (Å²) in [7, 11) is 1.80. The predicted octanol–water partition coefficient (Wildman–Crippen LogP) is 3.73. The second-order valence-electron chi connectivity index (χ2n) is 6.51. The summed E-state index contributed by atoms with van der Waals surface area (Å²) in [6.07, 6.45) is 0.283. The SMILES string of the molecule is Cc1noc(C)c1-c1ccc2c(c1)OC(CC(C)C)C(=O)N2C. The van der Waals surface area contributed by atoms with E-state index in [9.17, 15) is 4.79 Å². The molecule has 0 aliphatic carbocycles. The lowest BCUT2D eigenvalue weighted by Gasteiger charge is -2.33. The summed E-state index contributed by atoms with van der Waals surface area (Å²) in [5.74, 6) is 1.91. The van der Waals surface area contributed by atoms with Crippen LogP contribution >= 0.6 is 0 Å². The van der Waals surface area contributed by atoms with Gasteiger partial charge in [0.25, 0.3) is 5.91 Å². The fourth-order valence-electron chi connectivity index (χ4n) is 3.05. The third-order valence-electron chi connectivity index (χ3n) is 4.20. The maximum Gasteiger partial charge on any atom is 0.267 e. The van der Waals surface area contributed by atoms with Gasteiger partial charge in [-0.3, -0.25) is 4.79 Å². The van der Waals surface area contributed by atoms with Crippen LogP contribution in [0.3, 0.4) is 0 Å². The maximum atomic E-state index is 12.4. The molecule has 0 radical (unpaired) electrons. The largest absolute Gasteiger partial charge is 0.478 e. The van der Waals surface area contributed by atoms with Gasteiger partial charge in [0.15, 0.2) is 6.10 Å². The highest BCUT2D eigenvalue weighted by Crippen LogP contribution is 2.39. The van der Waals surface area contributed by atoms with Crippen LogP contribution in [0.4, 0.5) is 5.69 Å². The molecule has 0 N–H and O–H groups in total. The van der Waals surface area contributed by atoms with Gasteiger partial charge >= 0.3 is 0 Å². The van der Waals surface area contributed by atoms with E-state index in [2.05, 4.69) is 19.0 Å². The summed E-state index contributed by atoms with van der Waals surface area (Å²) in [6.45, 7) is 8.00. The minimum Gasteiger partial charge on any atom is -0.478 e. The number of nitrogens with zero attached hydrogens (tertiary/aromatic N) is 2. The third-order valence-corrected chi connectivity index (χ3v) is 4.20. The van der Waals surface area contributed by atoms with Crippen molar-refractivity contribution in [2.24, 2.45) is 5.92 Å². The number of hydrogen-bond acceptors (Lipinski definition) is 4. The standard InChI is InChI=1S/C18H22N2O3/c1-10(2)8-16-18(21)20(5)14-7-6-13(9-15(14)22-16)17-11(3)19-23-12(17)4/h6-7,9-10,16H,8H2,1-5H3. The number of ether oxygens (including phenoxy) is 1. The lowest BCUT2D eigenvalue weighted by Crippen LogP contribution is -2.44. The van der Waals surface area contributed by atoms with Gasteiger partial charge in [-0.05, 0) is 43.9 Å². The highest BCUT2D eigenvalue weighted by molar-refractivity contribution is 6.00. The summed E-state index contributed by atoms with van der Waals surface area (Å²) in [6, 6.07) is 5.86. The first-order valence-corrected chi connectivity index (χ1v) is 7.90. The molecule has 1 unspecified atom stereocenters. The van der Waals surface area contributed by atoms with Gasteiger partial charge in [-0.15, -0.1) is 0 Å². The number of carbonyl (C=O) groups excluding carboxylic acids is 1. The highest BCUT2D eigenvalue weighted by Gasteiger charge is 2.33. The van der Waals surface area contributed by atoms with Crippen LogP contribution in [0.1, 0.15) is 31.7 Å². The summed E-state index contributed by atoms with van der Waals surface area (Å²) in [5.41, 5.74) is 3.62. The van der Waals surface area contributed by atoms with Crippen molar-refractivity contribution < 1.29 is 14.1 Å². The Morgan fingerprint density at radius 3 is 2.65 bits per heavy atom. The number of amides is 1. The molecule has 3 rings (SSSR count). The quantitative estimate of drug-likeness (QED) is 0.866. The highest BCUT2D eigenvalue weighted by atomic mass is 16.5. The lowest BCUT2D eigenvalue weighted by molar-refractivity contribution is -0.126. The molecule has 0 saturated heterocycles. The fraction of sp³-hybridized carbons (Fsp3) is 0.444. The summed E-state index contributed by atoms with van der Waals surface area (Å²) in [5, 5.41) is 4.01. The average molecular weight is 314 g/mol. The molecule has 0 bridgehead atoms. The first kappa shape index (κ1) is 15.6. The van der Waals surface area contributed by atoms with Crippen LogP contribution in [0.2, 0.25) is 0 Å². The van der Waals surface area contributed by atoms with Gasteiger partial charge in [0, 0.05) is 12.6 Å². The van der Waals surface area contributed by atoms with Gasteiger partial charge in [-0.1, -0.05) is 25.1 Å². The molecule has 5 heteroatoms. The van der Waals surface area contributed by atoms with Gasteiger partial charge in [-0.2, -0.15) is 0 Å². The molecule has 1 aliphatic rings. The zero-order valence-electron chi connectivity index (χ0n) is 14.2. The zero-order valence-corrected chi connectivity index (χ0v) is 14.2. The second kappa shape index (κ2) is 5.72. The molecule has 23 heavy (non-hydrogen) atoms. The summed E-state index contributed by atoms with van der Waals surface area (Å²) < 4.78 is 11.3. The Morgan fingerprint density at radius 1 is 1.30 bits per heavy atom. The van der Waals surface area contributed by atoms with Crippen LogP contribution in [0.5, 0.6) is 5.75 Å². The van der Waals surface area contributed by atoms with E-state index in [0.29, 0.717) is 12.3 Å². The molecule has 0 fully saturated rings. The second-order valence-corrected chi connectivity index (χ2v) is 6.51. The van der Waals surface area contributed by atoms with E-state index in [1.807, 2.05) is 32.0 Å². The molecule has 122 valence electrons. The van der Waals surface area contributed by atoms with E-state index in [1.165, 1.54) is 0 Å². The van der Waals surface area contributed by atoms with Crippen molar-refractivity contribution in [1.82, 2.24) is 5.16 Å². The number of benzene rings is 1. The van der Waals surface area contributed by atoms with Crippen molar-refractivity contribution in [2.45, 2.75) is 40.2 Å². The topological polar surface area (TPSA) is 55.6 Å². The maximum absolute atomic E-state index is 12.4. The summed E-state index contributed by atoms with van der Waals surface area (Å²) in [4.78, 5) is 14.1. The molecule has 5 nitrogen and oxygen atoms in total. The van der Waals surface area contributed by atoms with E-state index in [0.717, 1.165) is 34.0 Å².